The van der Waals surface area contributed by atoms with Crippen molar-refractivity contribution in [3.8, 4) is 0 Å². The Kier molecular flexibility index (Phi) is 7.27. The van der Waals surface area contributed by atoms with Gasteiger partial charge in [-0.15, -0.1) is 0 Å². The molecule has 1 aromatic carbocycles. The zero-order valence-corrected chi connectivity index (χ0v) is 16.3. The molecular formula is C19H20ClN5OS. The van der Waals surface area contributed by atoms with Crippen molar-refractivity contribution in [3.05, 3.63) is 76.0 Å². The van der Waals surface area contributed by atoms with E-state index in [1.165, 1.54) is 5.56 Å². The number of rotatable bonds is 9. The van der Waals surface area contributed by atoms with E-state index in [4.69, 9.17) is 28.6 Å². The van der Waals surface area contributed by atoms with E-state index in [9.17, 15) is 0 Å². The van der Waals surface area contributed by atoms with Gasteiger partial charge in [0.1, 0.15) is 6.33 Å². The van der Waals surface area contributed by atoms with Gasteiger partial charge in [0.05, 0.1) is 30.5 Å². The highest BCUT2D eigenvalue weighted by molar-refractivity contribution is 7.71. The molecule has 0 saturated carbocycles. The summed E-state index contributed by atoms with van der Waals surface area (Å²) in [7, 11) is 0. The lowest BCUT2D eigenvalue weighted by Crippen LogP contribution is -2.14. The molecular weight excluding hydrogens is 382 g/mol. The number of halogens is 1. The standard InChI is InChI=1S/C19H20ClN5OS/c20-16-7-4-9-21-17(16)13-25-14-23-18(24-19(25)27)22-10-12-26-11-8-15-5-2-1-3-6-15/h1-7,9,14H,8,10-13H2,(H,22,24,27). The zero-order valence-electron chi connectivity index (χ0n) is 14.7. The average molecular weight is 402 g/mol. The van der Waals surface area contributed by atoms with E-state index in [1.54, 1.807) is 29.2 Å². The molecule has 6 nitrogen and oxygen atoms in total. The molecule has 8 heteroatoms. The fourth-order valence-corrected chi connectivity index (χ4v) is 2.80. The summed E-state index contributed by atoms with van der Waals surface area (Å²) < 4.78 is 7.78. The number of aromatic nitrogens is 4. The number of hydrogen-bond acceptors (Lipinski definition) is 6. The van der Waals surface area contributed by atoms with E-state index in [2.05, 4.69) is 32.4 Å². The van der Waals surface area contributed by atoms with Crippen LogP contribution in [0.3, 0.4) is 0 Å². The summed E-state index contributed by atoms with van der Waals surface area (Å²) in [5, 5.41) is 3.71. The minimum Gasteiger partial charge on any atom is -0.379 e. The van der Waals surface area contributed by atoms with Crippen LogP contribution in [0.4, 0.5) is 5.95 Å². The summed E-state index contributed by atoms with van der Waals surface area (Å²) >= 11 is 11.5. The topological polar surface area (TPSA) is 64.9 Å². The normalized spacial score (nSPS) is 10.7. The molecule has 140 valence electrons. The number of ether oxygens (including phenoxy) is 1. The first-order valence-electron chi connectivity index (χ1n) is 8.61. The summed E-state index contributed by atoms with van der Waals surface area (Å²) in [6.07, 6.45) is 4.23. The lowest BCUT2D eigenvalue weighted by atomic mass is 10.2. The van der Waals surface area contributed by atoms with Crippen LogP contribution in [0.1, 0.15) is 11.3 Å². The third-order valence-corrected chi connectivity index (χ3v) is 4.50. The van der Waals surface area contributed by atoms with Crippen LogP contribution in [0, 0.1) is 4.77 Å². The molecule has 3 aromatic rings. The number of nitrogens with zero attached hydrogens (tertiary/aromatic N) is 4. The van der Waals surface area contributed by atoms with Crippen molar-refractivity contribution in [1.82, 2.24) is 19.5 Å². The van der Waals surface area contributed by atoms with Crippen molar-refractivity contribution in [2.45, 2.75) is 13.0 Å². The molecule has 0 amide bonds. The molecule has 0 atom stereocenters. The Labute approximate surface area is 168 Å². The number of anilines is 1. The van der Waals surface area contributed by atoms with Crippen molar-refractivity contribution in [2.75, 3.05) is 25.1 Å². The van der Waals surface area contributed by atoms with Crippen molar-refractivity contribution < 1.29 is 4.74 Å². The van der Waals surface area contributed by atoms with E-state index in [0.717, 1.165) is 12.1 Å². The van der Waals surface area contributed by atoms with Gasteiger partial charge in [-0.25, -0.2) is 4.98 Å². The molecule has 27 heavy (non-hydrogen) atoms. The van der Waals surface area contributed by atoms with Crippen molar-refractivity contribution >= 4 is 29.8 Å². The second-order valence-corrected chi connectivity index (χ2v) is 6.57. The van der Waals surface area contributed by atoms with Gasteiger partial charge in [-0.2, -0.15) is 4.98 Å². The third kappa shape index (κ3) is 6.09. The van der Waals surface area contributed by atoms with Gasteiger partial charge < -0.3 is 14.6 Å². The number of hydrogen-bond donors (Lipinski definition) is 1. The molecule has 0 saturated heterocycles. The average Bonchev–Trinajstić information content (AvgIpc) is 2.69. The predicted molar refractivity (Wildman–Crippen MR) is 109 cm³/mol. The van der Waals surface area contributed by atoms with Gasteiger partial charge in [-0.3, -0.25) is 4.98 Å². The predicted octanol–water partition coefficient (Wildman–Crippen LogP) is 3.78. The Morgan fingerprint density at radius 1 is 1.07 bits per heavy atom. The van der Waals surface area contributed by atoms with Crippen LogP contribution in [0.2, 0.25) is 5.02 Å². The SMILES string of the molecule is S=c1nc(NCCOCCc2ccccc2)ncn1Cc1ncccc1Cl. The lowest BCUT2D eigenvalue weighted by Gasteiger charge is -2.09. The van der Waals surface area contributed by atoms with Gasteiger partial charge in [-0.05, 0) is 36.3 Å². The van der Waals surface area contributed by atoms with E-state index >= 15 is 0 Å². The summed E-state index contributed by atoms with van der Waals surface area (Å²) in [5.41, 5.74) is 2.00. The van der Waals surface area contributed by atoms with E-state index in [0.29, 0.717) is 42.0 Å². The summed E-state index contributed by atoms with van der Waals surface area (Å²) in [6, 6.07) is 13.8. The smallest absolute Gasteiger partial charge is 0.226 e. The Morgan fingerprint density at radius 2 is 1.93 bits per heavy atom. The maximum Gasteiger partial charge on any atom is 0.226 e. The number of benzene rings is 1. The van der Waals surface area contributed by atoms with Gasteiger partial charge >= 0.3 is 0 Å². The molecule has 0 bridgehead atoms. The second-order valence-electron chi connectivity index (χ2n) is 5.80. The minimum absolute atomic E-state index is 0.416. The minimum atomic E-state index is 0.416. The first-order valence-corrected chi connectivity index (χ1v) is 9.39. The molecule has 3 rings (SSSR count). The largest absolute Gasteiger partial charge is 0.379 e. The highest BCUT2D eigenvalue weighted by Gasteiger charge is 2.04. The Hall–Kier alpha value is -2.35. The maximum atomic E-state index is 6.13. The van der Waals surface area contributed by atoms with E-state index in [1.807, 2.05) is 18.2 Å². The first kappa shape index (κ1) is 19.4. The van der Waals surface area contributed by atoms with Crippen LogP contribution in [-0.4, -0.2) is 39.3 Å². The van der Waals surface area contributed by atoms with Crippen LogP contribution in [0.25, 0.3) is 0 Å². The highest BCUT2D eigenvalue weighted by atomic mass is 35.5. The summed E-state index contributed by atoms with van der Waals surface area (Å²) in [6.45, 7) is 2.29. The van der Waals surface area contributed by atoms with Crippen LogP contribution < -0.4 is 5.32 Å². The summed E-state index contributed by atoms with van der Waals surface area (Å²) in [4.78, 5) is 12.8. The van der Waals surface area contributed by atoms with Crippen LogP contribution in [0.15, 0.2) is 55.0 Å². The number of pyridine rings is 1. The van der Waals surface area contributed by atoms with Gasteiger partial charge in [0.25, 0.3) is 0 Å². The van der Waals surface area contributed by atoms with Crippen molar-refractivity contribution in [2.24, 2.45) is 0 Å². The molecule has 1 N–H and O–H groups in total. The Bertz CT molecular complexity index is 919. The molecule has 0 spiro atoms. The lowest BCUT2D eigenvalue weighted by molar-refractivity contribution is 0.147. The van der Waals surface area contributed by atoms with Gasteiger partial charge in [0.2, 0.25) is 10.7 Å². The zero-order chi connectivity index (χ0) is 18.9. The molecule has 2 heterocycles. The van der Waals surface area contributed by atoms with Crippen LogP contribution >= 0.6 is 23.8 Å². The fourth-order valence-electron chi connectivity index (χ4n) is 2.42. The van der Waals surface area contributed by atoms with E-state index < -0.39 is 0 Å². The Morgan fingerprint density at radius 3 is 2.70 bits per heavy atom. The van der Waals surface area contributed by atoms with Gasteiger partial charge in [-0.1, -0.05) is 41.9 Å². The van der Waals surface area contributed by atoms with Crippen LogP contribution in [0.5, 0.6) is 0 Å². The molecule has 0 aliphatic carbocycles. The molecule has 0 aliphatic rings. The molecule has 0 fully saturated rings. The first-order chi connectivity index (χ1) is 13.2. The molecule has 0 radical (unpaired) electrons. The maximum absolute atomic E-state index is 6.13. The molecule has 2 aromatic heterocycles. The van der Waals surface area contributed by atoms with Gasteiger partial charge in [0.15, 0.2) is 0 Å². The highest BCUT2D eigenvalue weighted by Crippen LogP contribution is 2.13. The third-order valence-electron chi connectivity index (χ3n) is 3.83. The van der Waals surface area contributed by atoms with Crippen molar-refractivity contribution in [1.29, 1.82) is 0 Å². The fraction of sp³-hybridized carbons (Fsp3) is 0.263. The Balaban J connectivity index is 1.43. The molecule has 0 unspecified atom stereocenters. The molecule has 0 aliphatic heterocycles. The van der Waals surface area contributed by atoms with Gasteiger partial charge in [0, 0.05) is 12.7 Å². The van der Waals surface area contributed by atoms with Crippen molar-refractivity contribution in [3.63, 3.8) is 0 Å². The van der Waals surface area contributed by atoms with E-state index in [-0.39, 0.29) is 0 Å². The second kappa shape index (κ2) is 10.1. The van der Waals surface area contributed by atoms with Crippen LogP contribution in [-0.2, 0) is 17.7 Å². The summed E-state index contributed by atoms with van der Waals surface area (Å²) in [5.74, 6) is 0.482. The number of nitrogens with one attached hydrogen (secondary N) is 1. The quantitative estimate of drug-likeness (QED) is 0.435. The monoisotopic (exact) mass is 401 g/mol.